The molecule has 0 spiro atoms. The molecule has 0 bridgehead atoms. The zero-order valence-electron chi connectivity index (χ0n) is 11.4. The monoisotopic (exact) mass is 290 g/mol. The number of nitrogens with one attached hydrogen (secondary N) is 1. The number of nitrogens with zero attached hydrogens (tertiary/aromatic N) is 2. The van der Waals surface area contributed by atoms with Gasteiger partial charge in [0, 0.05) is 0 Å². The molecule has 19 heavy (non-hydrogen) atoms. The minimum atomic E-state index is -0.952. The lowest BCUT2D eigenvalue weighted by molar-refractivity contribution is -0.843. The van der Waals surface area contributed by atoms with E-state index in [1.165, 1.54) is 7.11 Å². The Labute approximate surface area is 116 Å². The molecule has 1 aliphatic rings. The smallest absolute Gasteiger partial charge is 0.315 e. The van der Waals surface area contributed by atoms with Gasteiger partial charge in [-0.15, -0.1) is 4.98 Å². The van der Waals surface area contributed by atoms with Crippen LogP contribution in [0.5, 0.6) is 0 Å². The molecule has 2 rings (SSSR count). The van der Waals surface area contributed by atoms with Gasteiger partial charge in [-0.05, 0) is 12.8 Å². The topological polar surface area (TPSA) is 82.5 Å². The lowest BCUT2D eigenvalue weighted by atomic mass is 9.98. The second kappa shape index (κ2) is 5.66. The Morgan fingerprint density at radius 2 is 2.47 bits per heavy atom. The summed E-state index contributed by atoms with van der Waals surface area (Å²) in [4.78, 5) is 19.5. The number of piperidine rings is 1. The summed E-state index contributed by atoms with van der Waals surface area (Å²) >= 11 is 6.06. The third-order valence-electron chi connectivity index (χ3n) is 3.22. The molecule has 1 aromatic rings. The fourth-order valence-corrected chi connectivity index (χ4v) is 2.52. The number of aromatic nitrogens is 2. The van der Waals surface area contributed by atoms with Crippen LogP contribution >= 0.6 is 11.6 Å². The second-order valence-electron chi connectivity index (χ2n) is 4.42. The summed E-state index contributed by atoms with van der Waals surface area (Å²) in [6.07, 6.45) is 0.554. The van der Waals surface area contributed by atoms with Crippen molar-refractivity contribution in [2.75, 3.05) is 25.9 Å². The highest BCUT2D eigenvalue weighted by Gasteiger charge is 2.33. The summed E-state index contributed by atoms with van der Waals surface area (Å²) < 4.78 is 25.2. The van der Waals surface area contributed by atoms with Crippen LogP contribution in [-0.4, -0.2) is 36.1 Å². The molecule has 2 atom stereocenters. The van der Waals surface area contributed by atoms with Crippen molar-refractivity contribution < 1.29 is 20.2 Å². The van der Waals surface area contributed by atoms with E-state index in [2.05, 4.69) is 9.97 Å². The van der Waals surface area contributed by atoms with Gasteiger partial charge in [-0.3, -0.25) is 9.69 Å². The molecule has 1 saturated heterocycles. The second-order valence-corrected chi connectivity index (χ2v) is 4.80. The fourth-order valence-electron chi connectivity index (χ4n) is 2.30. The number of halogens is 2. The molecule has 0 amide bonds. The van der Waals surface area contributed by atoms with Crippen LogP contribution in [0.2, 0.25) is 6.43 Å². The molecule has 1 aromatic heterocycles. The number of hydrogen-bond acceptors (Lipinski definition) is 5. The van der Waals surface area contributed by atoms with Gasteiger partial charge in [0.25, 0.3) is 5.82 Å². The lowest BCUT2D eigenvalue weighted by Crippen LogP contribution is -3.09. The Balaban J connectivity index is 2.27. The average molecular weight is 291 g/mol. The lowest BCUT2D eigenvalue weighted by Gasteiger charge is -2.27. The minimum Gasteiger partial charge on any atom is -0.469 e. The van der Waals surface area contributed by atoms with Crippen molar-refractivity contribution in [3.8, 4) is 0 Å². The number of hydrogen-bond donors (Lipinski definition) is 2. The number of carbonyl (C=O) groups is 1. The third-order valence-corrected chi connectivity index (χ3v) is 3.58. The van der Waals surface area contributed by atoms with Gasteiger partial charge in [-0.2, -0.15) is 9.37 Å². The molecule has 0 aliphatic carbocycles. The average Bonchev–Trinajstić information content (AvgIpc) is 2.48. The SMILES string of the molecule is [2H]Nc1nc(F)nc([NH+]2CCCC(C(=O)OC)C2)c1Cl. The van der Waals surface area contributed by atoms with Gasteiger partial charge in [0.05, 0.1) is 20.2 Å². The van der Waals surface area contributed by atoms with E-state index in [4.69, 9.17) is 17.7 Å². The van der Waals surface area contributed by atoms with Crippen molar-refractivity contribution >= 4 is 29.2 Å². The molecule has 1 aliphatic heterocycles. The number of ether oxygens (including phenoxy) is 1. The molecule has 8 heteroatoms. The van der Waals surface area contributed by atoms with E-state index in [0.717, 1.165) is 17.7 Å². The quantitative estimate of drug-likeness (QED) is 0.602. The molecule has 3 N–H and O–H groups in total. The molecule has 1 fully saturated rings. The first-order valence-corrected chi connectivity index (χ1v) is 6.28. The van der Waals surface area contributed by atoms with E-state index in [0.29, 0.717) is 13.1 Å². The summed E-state index contributed by atoms with van der Waals surface area (Å²) in [6.45, 7) is 1.11. The summed E-state index contributed by atoms with van der Waals surface area (Å²) in [5, 5.41) is 0.0990. The molecule has 0 saturated carbocycles. The minimum absolute atomic E-state index is 0.0816. The molecule has 0 radical (unpaired) electrons. The summed E-state index contributed by atoms with van der Waals surface area (Å²) in [6, 6.07) is 0. The Kier molecular flexibility index (Phi) is 3.74. The van der Waals surface area contributed by atoms with Crippen LogP contribution in [0.4, 0.5) is 16.0 Å². The maximum Gasteiger partial charge on any atom is 0.315 e. The van der Waals surface area contributed by atoms with E-state index in [1.807, 2.05) is 5.73 Å². The standard InChI is InChI=1S/C11H14ClFN4O2/c1-19-10(18)6-3-2-4-17(5-6)9-7(12)8(14)15-11(13)16-9/h6H,2-5H2,1H3,(H2,14,15,16)/p+1/i/hD. The van der Waals surface area contributed by atoms with Gasteiger partial charge in [-0.1, -0.05) is 11.6 Å². The molecular formula is C11H15ClFN4O2+. The van der Waals surface area contributed by atoms with E-state index in [-0.39, 0.29) is 28.5 Å². The molecule has 104 valence electrons. The van der Waals surface area contributed by atoms with Gasteiger partial charge in [-0.25, -0.2) is 0 Å². The molecule has 6 nitrogen and oxygen atoms in total. The Morgan fingerprint density at radius 1 is 1.68 bits per heavy atom. The van der Waals surface area contributed by atoms with Crippen molar-refractivity contribution in [3.63, 3.8) is 0 Å². The number of nitrogen functional groups attached to an aromatic ring is 1. The van der Waals surface area contributed by atoms with Gasteiger partial charge in [0.1, 0.15) is 5.92 Å². The number of anilines is 1. The Bertz CT molecular complexity index is 519. The van der Waals surface area contributed by atoms with E-state index >= 15 is 0 Å². The third kappa shape index (κ3) is 2.93. The van der Waals surface area contributed by atoms with Crippen LogP contribution in [0.3, 0.4) is 0 Å². The van der Waals surface area contributed by atoms with E-state index in [1.54, 1.807) is 0 Å². The summed E-state index contributed by atoms with van der Waals surface area (Å²) in [7, 11) is 1.34. The van der Waals surface area contributed by atoms with E-state index in [9.17, 15) is 9.18 Å². The number of methoxy groups -OCH3 is 1. The van der Waals surface area contributed by atoms with Crippen LogP contribution < -0.4 is 10.6 Å². The van der Waals surface area contributed by atoms with Crippen LogP contribution in [0, 0.1) is 12.0 Å². The highest BCUT2D eigenvalue weighted by Crippen LogP contribution is 2.22. The number of carbonyl (C=O) groups excluding carboxylic acids is 1. The molecule has 2 heterocycles. The molecular weight excluding hydrogens is 275 g/mol. The predicted molar refractivity (Wildman–Crippen MR) is 66.5 cm³/mol. The zero-order valence-corrected chi connectivity index (χ0v) is 11.1. The number of quaternary nitrogens is 1. The van der Waals surface area contributed by atoms with Crippen LogP contribution in [0.25, 0.3) is 0 Å². The number of nitrogens with two attached hydrogens (primary N) is 1. The van der Waals surface area contributed by atoms with Crippen molar-refractivity contribution in [1.82, 2.24) is 9.97 Å². The fraction of sp³-hybridized carbons (Fsp3) is 0.545. The van der Waals surface area contributed by atoms with Gasteiger partial charge in [0.15, 0.2) is 12.3 Å². The molecule has 0 aromatic carbocycles. The number of esters is 1. The Hall–Kier alpha value is -1.47. The van der Waals surface area contributed by atoms with Crippen molar-refractivity contribution in [1.29, 1.82) is 0 Å². The van der Waals surface area contributed by atoms with Gasteiger partial charge in [0.2, 0.25) is 0 Å². The van der Waals surface area contributed by atoms with Crippen molar-refractivity contribution in [2.24, 2.45) is 5.92 Å². The first kappa shape index (κ1) is 12.6. The largest absolute Gasteiger partial charge is 0.469 e. The van der Waals surface area contributed by atoms with E-state index < -0.39 is 6.08 Å². The predicted octanol–water partition coefficient (Wildman–Crippen LogP) is -0.0493. The van der Waals surface area contributed by atoms with Gasteiger partial charge < -0.3 is 10.5 Å². The zero-order chi connectivity index (χ0) is 14.7. The maximum atomic E-state index is 13.4. The summed E-state index contributed by atoms with van der Waals surface area (Å²) in [5.41, 5.74) is 1.98. The first-order valence-electron chi connectivity index (χ1n) is 6.40. The highest BCUT2D eigenvalue weighted by molar-refractivity contribution is 6.34. The first-order chi connectivity index (χ1) is 9.56. The van der Waals surface area contributed by atoms with Crippen molar-refractivity contribution in [2.45, 2.75) is 12.8 Å². The summed E-state index contributed by atoms with van der Waals surface area (Å²) in [5.74, 6) is -0.360. The normalized spacial score (nSPS) is 23.6. The Morgan fingerprint density at radius 3 is 3.16 bits per heavy atom. The number of rotatable bonds is 3. The highest BCUT2D eigenvalue weighted by atomic mass is 35.5. The van der Waals surface area contributed by atoms with Gasteiger partial charge >= 0.3 is 12.0 Å². The van der Waals surface area contributed by atoms with Crippen molar-refractivity contribution in [3.05, 3.63) is 11.1 Å². The van der Waals surface area contributed by atoms with Crippen LogP contribution in [0.15, 0.2) is 0 Å². The molecule has 2 unspecified atom stereocenters. The van der Waals surface area contributed by atoms with Crippen LogP contribution in [-0.2, 0) is 9.53 Å². The van der Waals surface area contributed by atoms with Crippen LogP contribution in [0.1, 0.15) is 12.8 Å². The maximum absolute atomic E-state index is 13.4.